The average molecular weight is 327 g/mol. The van der Waals surface area contributed by atoms with Crippen molar-refractivity contribution in [3.05, 3.63) is 64.1 Å². The number of carbonyl (C=O) groups excluding carboxylic acids is 1. The molecule has 0 aliphatic carbocycles. The Balaban J connectivity index is 1.75. The zero-order valence-corrected chi connectivity index (χ0v) is 13.8. The molecular formula is C18H17NO3S. The number of sulfone groups is 1. The van der Waals surface area contributed by atoms with Crippen LogP contribution in [-0.4, -0.2) is 14.3 Å². The number of anilines is 1. The Morgan fingerprint density at radius 1 is 1.04 bits per heavy atom. The van der Waals surface area contributed by atoms with Gasteiger partial charge < -0.3 is 5.32 Å². The Labute approximate surface area is 135 Å². The minimum Gasteiger partial charge on any atom is -0.326 e. The minimum atomic E-state index is -3.37. The molecule has 3 rings (SSSR count). The molecule has 1 aliphatic heterocycles. The van der Waals surface area contributed by atoms with Crippen LogP contribution in [0, 0.1) is 13.8 Å². The maximum Gasteiger partial charge on any atom is 0.228 e. The molecule has 5 heteroatoms. The fourth-order valence-corrected chi connectivity index (χ4v) is 3.76. The molecular weight excluding hydrogens is 310 g/mol. The van der Waals surface area contributed by atoms with Gasteiger partial charge in [-0.05, 0) is 54.3 Å². The number of hydrogen-bond donors (Lipinski definition) is 1. The lowest BCUT2D eigenvalue weighted by molar-refractivity contribution is -0.115. The van der Waals surface area contributed by atoms with Gasteiger partial charge in [-0.1, -0.05) is 24.3 Å². The summed E-state index contributed by atoms with van der Waals surface area (Å²) in [4.78, 5) is 12.4. The molecule has 2 aromatic carbocycles. The van der Waals surface area contributed by atoms with E-state index in [-0.39, 0.29) is 17.2 Å². The maximum atomic E-state index is 12.2. The van der Waals surface area contributed by atoms with Crippen LogP contribution >= 0.6 is 0 Å². The quantitative estimate of drug-likeness (QED) is 0.941. The van der Waals surface area contributed by atoms with Gasteiger partial charge in [-0.25, -0.2) is 8.42 Å². The van der Waals surface area contributed by atoms with E-state index >= 15 is 0 Å². The van der Waals surface area contributed by atoms with E-state index in [1.165, 1.54) is 17.0 Å². The van der Waals surface area contributed by atoms with Gasteiger partial charge in [0.15, 0.2) is 0 Å². The summed E-state index contributed by atoms with van der Waals surface area (Å²) in [5.41, 5.74) is 4.40. The van der Waals surface area contributed by atoms with Crippen LogP contribution in [0.25, 0.3) is 6.08 Å². The number of carbonyl (C=O) groups is 1. The highest BCUT2D eigenvalue weighted by molar-refractivity contribution is 7.94. The van der Waals surface area contributed by atoms with Gasteiger partial charge in [0, 0.05) is 11.1 Å². The van der Waals surface area contributed by atoms with Gasteiger partial charge in [-0.15, -0.1) is 0 Å². The number of rotatable bonds is 3. The SMILES string of the molecule is Cc1ccc(CC(=O)Nc2ccc3c(c2)S(=O)(=O)C=C3)cc1C. The summed E-state index contributed by atoms with van der Waals surface area (Å²) in [7, 11) is -3.37. The van der Waals surface area contributed by atoms with Crippen molar-refractivity contribution in [3.63, 3.8) is 0 Å². The first-order valence-corrected chi connectivity index (χ1v) is 8.83. The number of amides is 1. The molecule has 0 bridgehead atoms. The van der Waals surface area contributed by atoms with Gasteiger partial charge >= 0.3 is 0 Å². The topological polar surface area (TPSA) is 63.2 Å². The lowest BCUT2D eigenvalue weighted by atomic mass is 10.0. The summed E-state index contributed by atoms with van der Waals surface area (Å²) in [6.45, 7) is 4.04. The number of nitrogens with one attached hydrogen (secondary N) is 1. The second-order valence-corrected chi connectivity index (χ2v) is 7.55. The van der Waals surface area contributed by atoms with E-state index in [4.69, 9.17) is 0 Å². The molecule has 1 N–H and O–H groups in total. The molecule has 0 radical (unpaired) electrons. The Morgan fingerprint density at radius 2 is 1.83 bits per heavy atom. The molecule has 2 aromatic rings. The van der Waals surface area contributed by atoms with Crippen molar-refractivity contribution in [1.29, 1.82) is 0 Å². The third-order valence-electron chi connectivity index (χ3n) is 3.97. The van der Waals surface area contributed by atoms with Crippen molar-refractivity contribution in [1.82, 2.24) is 0 Å². The van der Waals surface area contributed by atoms with E-state index in [9.17, 15) is 13.2 Å². The predicted octanol–water partition coefficient (Wildman–Crippen LogP) is 3.24. The molecule has 1 heterocycles. The fourth-order valence-electron chi connectivity index (χ4n) is 2.54. The van der Waals surface area contributed by atoms with Crippen LogP contribution in [0.4, 0.5) is 5.69 Å². The first kappa shape index (κ1) is 15.5. The van der Waals surface area contributed by atoms with E-state index in [0.29, 0.717) is 11.3 Å². The Morgan fingerprint density at radius 3 is 2.57 bits per heavy atom. The molecule has 0 saturated carbocycles. The largest absolute Gasteiger partial charge is 0.326 e. The molecule has 0 atom stereocenters. The fraction of sp³-hybridized carbons (Fsp3) is 0.167. The van der Waals surface area contributed by atoms with Crippen LogP contribution in [-0.2, 0) is 21.1 Å². The lowest BCUT2D eigenvalue weighted by Crippen LogP contribution is -2.14. The standard InChI is InChI=1S/C18H17NO3S/c1-12-3-4-14(9-13(12)2)10-18(20)19-16-6-5-15-7-8-23(21,22)17(15)11-16/h3-9,11H,10H2,1-2H3,(H,19,20). The zero-order chi connectivity index (χ0) is 16.6. The van der Waals surface area contributed by atoms with Crippen LogP contribution < -0.4 is 5.32 Å². The Kier molecular flexibility index (Phi) is 3.82. The van der Waals surface area contributed by atoms with Crippen molar-refractivity contribution >= 4 is 27.5 Å². The van der Waals surface area contributed by atoms with Crippen LogP contribution in [0.2, 0.25) is 0 Å². The monoisotopic (exact) mass is 327 g/mol. The molecule has 1 aliphatic rings. The van der Waals surface area contributed by atoms with E-state index in [1.54, 1.807) is 18.2 Å². The molecule has 118 valence electrons. The highest BCUT2D eigenvalue weighted by atomic mass is 32.2. The first-order valence-electron chi connectivity index (χ1n) is 7.28. The first-order chi connectivity index (χ1) is 10.8. The molecule has 1 amide bonds. The molecule has 0 fully saturated rings. The molecule has 4 nitrogen and oxygen atoms in total. The van der Waals surface area contributed by atoms with E-state index in [2.05, 4.69) is 5.32 Å². The van der Waals surface area contributed by atoms with Gasteiger partial charge in [0.1, 0.15) is 0 Å². The van der Waals surface area contributed by atoms with Gasteiger partial charge in [0.2, 0.25) is 15.7 Å². The van der Waals surface area contributed by atoms with Crippen molar-refractivity contribution in [3.8, 4) is 0 Å². The second kappa shape index (κ2) is 5.66. The van der Waals surface area contributed by atoms with Gasteiger partial charge in [-0.3, -0.25) is 4.79 Å². The van der Waals surface area contributed by atoms with Crippen molar-refractivity contribution < 1.29 is 13.2 Å². The number of hydrogen-bond acceptors (Lipinski definition) is 3. The van der Waals surface area contributed by atoms with Crippen molar-refractivity contribution in [2.24, 2.45) is 0 Å². The van der Waals surface area contributed by atoms with Crippen LogP contribution in [0.3, 0.4) is 0 Å². The predicted molar refractivity (Wildman–Crippen MR) is 90.9 cm³/mol. The van der Waals surface area contributed by atoms with Gasteiger partial charge in [-0.2, -0.15) is 0 Å². The summed E-state index contributed by atoms with van der Waals surface area (Å²) in [6, 6.07) is 10.8. The lowest BCUT2D eigenvalue weighted by Gasteiger charge is -2.08. The Hall–Kier alpha value is -2.40. The van der Waals surface area contributed by atoms with E-state index in [1.807, 2.05) is 32.0 Å². The van der Waals surface area contributed by atoms with E-state index in [0.717, 1.165) is 11.1 Å². The van der Waals surface area contributed by atoms with Gasteiger partial charge in [0.05, 0.1) is 11.3 Å². The third kappa shape index (κ3) is 3.19. The van der Waals surface area contributed by atoms with Gasteiger partial charge in [0.25, 0.3) is 0 Å². The van der Waals surface area contributed by atoms with Crippen LogP contribution in [0.15, 0.2) is 46.7 Å². The van der Waals surface area contributed by atoms with Crippen molar-refractivity contribution in [2.75, 3.05) is 5.32 Å². The summed E-state index contributed by atoms with van der Waals surface area (Å²) in [5.74, 6) is -0.170. The molecule has 0 unspecified atom stereocenters. The summed E-state index contributed by atoms with van der Waals surface area (Å²) in [5, 5.41) is 3.94. The van der Waals surface area contributed by atoms with Crippen LogP contribution in [0.5, 0.6) is 0 Å². The maximum absolute atomic E-state index is 12.2. The number of benzene rings is 2. The molecule has 23 heavy (non-hydrogen) atoms. The van der Waals surface area contributed by atoms with Crippen LogP contribution in [0.1, 0.15) is 22.3 Å². The summed E-state index contributed by atoms with van der Waals surface area (Å²) >= 11 is 0. The zero-order valence-electron chi connectivity index (χ0n) is 13.0. The van der Waals surface area contributed by atoms with Crippen molar-refractivity contribution in [2.45, 2.75) is 25.2 Å². The second-order valence-electron chi connectivity index (χ2n) is 5.74. The molecule has 0 aromatic heterocycles. The smallest absolute Gasteiger partial charge is 0.228 e. The molecule has 0 spiro atoms. The van der Waals surface area contributed by atoms with E-state index < -0.39 is 9.84 Å². The Bertz CT molecular complexity index is 927. The summed E-state index contributed by atoms with van der Waals surface area (Å²) in [6.07, 6.45) is 1.81. The number of aryl methyl sites for hydroxylation is 2. The number of fused-ring (bicyclic) bond motifs is 1. The highest BCUT2D eigenvalue weighted by Crippen LogP contribution is 2.29. The third-order valence-corrected chi connectivity index (χ3v) is 5.43. The molecule has 0 saturated heterocycles. The highest BCUT2D eigenvalue weighted by Gasteiger charge is 2.21. The minimum absolute atomic E-state index is 0.170. The average Bonchev–Trinajstić information content (AvgIpc) is 2.78. The summed E-state index contributed by atoms with van der Waals surface area (Å²) < 4.78 is 23.7. The normalized spacial score (nSPS) is 14.5.